The summed E-state index contributed by atoms with van der Waals surface area (Å²) in [5.41, 5.74) is 2.21. The minimum absolute atomic E-state index is 0.395. The molecule has 0 N–H and O–H groups in total. The molecule has 0 spiro atoms. The van der Waals surface area contributed by atoms with E-state index in [0.29, 0.717) is 19.7 Å². The molecule has 0 atom stereocenters. The largest absolute Gasteiger partial charge is 0.451 e. The highest BCUT2D eigenvalue weighted by molar-refractivity contribution is 7.08. The number of anilines is 1. The van der Waals surface area contributed by atoms with Crippen molar-refractivity contribution in [3.63, 3.8) is 0 Å². The lowest BCUT2D eigenvalue weighted by molar-refractivity contribution is -0.185. The van der Waals surface area contributed by atoms with Gasteiger partial charge in [-0.3, -0.25) is 4.79 Å². The first kappa shape index (κ1) is 12.2. The Bertz CT molecular complexity index is 555. The summed E-state index contributed by atoms with van der Waals surface area (Å²) in [5.74, 6) is 0. The zero-order chi connectivity index (χ0) is 13.3. The van der Waals surface area contributed by atoms with Crippen LogP contribution in [0.3, 0.4) is 0 Å². The van der Waals surface area contributed by atoms with Gasteiger partial charge in [0, 0.05) is 22.9 Å². The molecule has 0 saturated carbocycles. The number of nitrogens with zero attached hydrogens (tertiary/aromatic N) is 1. The number of hydrogen-bond acceptors (Lipinski definition) is 5. The van der Waals surface area contributed by atoms with E-state index in [1.165, 1.54) is 0 Å². The Hall–Kier alpha value is -1.85. The highest BCUT2D eigenvalue weighted by Gasteiger charge is 2.44. The smallest absolute Gasteiger partial charge is 0.294 e. The molecule has 1 saturated heterocycles. The van der Waals surface area contributed by atoms with E-state index < -0.39 is 5.60 Å². The monoisotopic (exact) mass is 275 g/mol. The Kier molecular flexibility index (Phi) is 3.00. The predicted molar refractivity (Wildman–Crippen MR) is 73.9 cm³/mol. The third kappa shape index (κ3) is 2.01. The van der Waals surface area contributed by atoms with E-state index in [4.69, 9.17) is 9.47 Å². The van der Waals surface area contributed by atoms with Crippen molar-refractivity contribution in [1.82, 2.24) is 0 Å². The highest BCUT2D eigenvalue weighted by atomic mass is 32.1. The standard InChI is InChI=1S/C14H13NO3S/c1-11-2-3-12(14(18-10-16)8-17-9-14)6-15(11)13-4-5-19-7-13/h2-7,10H,1,8-9H2. The van der Waals surface area contributed by atoms with Gasteiger partial charge in [-0.2, -0.15) is 11.3 Å². The Morgan fingerprint density at radius 3 is 2.89 bits per heavy atom. The Morgan fingerprint density at radius 1 is 1.47 bits per heavy atom. The van der Waals surface area contributed by atoms with Gasteiger partial charge in [0.05, 0.1) is 18.9 Å². The average Bonchev–Trinajstić information content (AvgIpc) is 2.88. The molecule has 98 valence electrons. The van der Waals surface area contributed by atoms with Crippen LogP contribution < -0.4 is 4.90 Å². The van der Waals surface area contributed by atoms with Gasteiger partial charge in [-0.25, -0.2) is 0 Å². The molecule has 0 aromatic carbocycles. The second-order valence-electron chi connectivity index (χ2n) is 4.46. The fraction of sp³-hybridized carbons (Fsp3) is 0.214. The van der Waals surface area contributed by atoms with Gasteiger partial charge in [0.2, 0.25) is 0 Å². The van der Waals surface area contributed by atoms with Crippen LogP contribution in [0.1, 0.15) is 0 Å². The van der Waals surface area contributed by atoms with Crippen molar-refractivity contribution in [3.8, 4) is 0 Å². The van der Waals surface area contributed by atoms with Crippen molar-refractivity contribution < 1.29 is 14.3 Å². The number of carbonyl (C=O) groups is 1. The van der Waals surface area contributed by atoms with Crippen LogP contribution in [0.2, 0.25) is 0 Å². The van der Waals surface area contributed by atoms with Crippen LogP contribution in [-0.2, 0) is 14.3 Å². The van der Waals surface area contributed by atoms with Gasteiger partial charge in [-0.05, 0) is 17.5 Å². The first-order chi connectivity index (χ1) is 9.25. The molecule has 3 heterocycles. The number of allylic oxidation sites excluding steroid dienone is 1. The predicted octanol–water partition coefficient (Wildman–Crippen LogP) is 2.46. The summed E-state index contributed by atoms with van der Waals surface area (Å²) in [4.78, 5) is 12.7. The highest BCUT2D eigenvalue weighted by Crippen LogP contribution is 2.35. The first-order valence-electron chi connectivity index (χ1n) is 5.85. The number of carbonyl (C=O) groups excluding carboxylic acids is 1. The summed E-state index contributed by atoms with van der Waals surface area (Å²) in [6.45, 7) is 5.29. The topological polar surface area (TPSA) is 38.8 Å². The molecular weight excluding hydrogens is 262 g/mol. The average molecular weight is 275 g/mol. The summed E-state index contributed by atoms with van der Waals surface area (Å²) in [6.07, 6.45) is 5.80. The van der Waals surface area contributed by atoms with Gasteiger partial charge < -0.3 is 14.4 Å². The molecule has 0 aliphatic carbocycles. The normalized spacial score (nSPS) is 20.7. The number of ether oxygens (including phenoxy) is 2. The zero-order valence-electron chi connectivity index (χ0n) is 10.2. The van der Waals surface area contributed by atoms with Crippen molar-refractivity contribution in [3.05, 3.63) is 53.0 Å². The molecule has 0 bridgehead atoms. The van der Waals surface area contributed by atoms with Crippen molar-refractivity contribution in [2.75, 3.05) is 18.1 Å². The van der Waals surface area contributed by atoms with E-state index in [2.05, 4.69) is 6.58 Å². The van der Waals surface area contributed by atoms with E-state index in [0.717, 1.165) is 17.0 Å². The lowest BCUT2D eigenvalue weighted by atomic mass is 9.90. The fourth-order valence-electron chi connectivity index (χ4n) is 2.12. The summed E-state index contributed by atoms with van der Waals surface area (Å²) in [6, 6.07) is 2.02. The van der Waals surface area contributed by atoms with Gasteiger partial charge in [0.1, 0.15) is 0 Å². The molecule has 19 heavy (non-hydrogen) atoms. The molecule has 2 aliphatic rings. The van der Waals surface area contributed by atoms with Crippen LogP contribution in [0.4, 0.5) is 5.69 Å². The van der Waals surface area contributed by atoms with E-state index in [-0.39, 0.29) is 0 Å². The Morgan fingerprint density at radius 2 is 2.32 bits per heavy atom. The van der Waals surface area contributed by atoms with Crippen molar-refractivity contribution in [1.29, 1.82) is 0 Å². The van der Waals surface area contributed by atoms with Crippen molar-refractivity contribution >= 4 is 23.5 Å². The second-order valence-corrected chi connectivity index (χ2v) is 5.24. The van der Waals surface area contributed by atoms with E-state index in [1.807, 2.05) is 40.1 Å². The molecule has 1 aromatic rings. The zero-order valence-corrected chi connectivity index (χ0v) is 11.1. The maximum atomic E-state index is 10.7. The van der Waals surface area contributed by atoms with Crippen LogP contribution >= 0.6 is 11.3 Å². The molecule has 2 aliphatic heterocycles. The second kappa shape index (κ2) is 4.68. The van der Waals surface area contributed by atoms with Gasteiger partial charge in [-0.1, -0.05) is 12.7 Å². The van der Waals surface area contributed by atoms with E-state index in [1.54, 1.807) is 11.3 Å². The summed E-state index contributed by atoms with van der Waals surface area (Å²) < 4.78 is 10.4. The molecule has 1 fully saturated rings. The fourth-order valence-corrected chi connectivity index (χ4v) is 2.75. The maximum Gasteiger partial charge on any atom is 0.294 e. The minimum Gasteiger partial charge on any atom is -0.451 e. The summed E-state index contributed by atoms with van der Waals surface area (Å²) >= 11 is 1.63. The van der Waals surface area contributed by atoms with Gasteiger partial charge in [0.25, 0.3) is 6.47 Å². The molecular formula is C14H13NO3S. The molecule has 0 unspecified atom stereocenters. The van der Waals surface area contributed by atoms with Crippen LogP contribution in [0.25, 0.3) is 0 Å². The van der Waals surface area contributed by atoms with E-state index in [9.17, 15) is 4.79 Å². The molecule has 0 radical (unpaired) electrons. The maximum absolute atomic E-state index is 10.7. The van der Waals surface area contributed by atoms with Gasteiger partial charge in [-0.15, -0.1) is 0 Å². The minimum atomic E-state index is -0.646. The summed E-state index contributed by atoms with van der Waals surface area (Å²) in [5, 5.41) is 4.06. The number of hydrogen-bond donors (Lipinski definition) is 0. The van der Waals surface area contributed by atoms with E-state index >= 15 is 0 Å². The molecule has 4 nitrogen and oxygen atoms in total. The number of thiophene rings is 1. The van der Waals surface area contributed by atoms with Crippen LogP contribution in [-0.4, -0.2) is 25.3 Å². The summed E-state index contributed by atoms with van der Waals surface area (Å²) in [7, 11) is 0. The van der Waals surface area contributed by atoms with Crippen LogP contribution in [0, 0.1) is 0 Å². The van der Waals surface area contributed by atoms with Crippen molar-refractivity contribution in [2.45, 2.75) is 5.60 Å². The Labute approximate surface area is 115 Å². The first-order valence-corrected chi connectivity index (χ1v) is 6.79. The van der Waals surface area contributed by atoms with Gasteiger partial charge in [0.15, 0.2) is 5.60 Å². The molecule has 0 amide bonds. The lowest BCUT2D eigenvalue weighted by Gasteiger charge is -2.42. The Balaban J connectivity index is 1.93. The molecule has 5 heteroatoms. The lowest BCUT2D eigenvalue weighted by Crippen LogP contribution is -2.53. The molecule has 3 rings (SSSR count). The number of rotatable bonds is 4. The quantitative estimate of drug-likeness (QED) is 0.791. The third-order valence-corrected chi connectivity index (χ3v) is 3.96. The van der Waals surface area contributed by atoms with Crippen molar-refractivity contribution in [2.24, 2.45) is 0 Å². The SMILES string of the molecule is C=C1C=CC(C2(OC=O)COC2)=CN1c1ccsc1. The van der Waals surface area contributed by atoms with Gasteiger partial charge >= 0.3 is 0 Å². The van der Waals surface area contributed by atoms with Crippen LogP contribution in [0.15, 0.2) is 53.0 Å². The third-order valence-electron chi connectivity index (χ3n) is 3.29. The molecule has 1 aromatic heterocycles. The van der Waals surface area contributed by atoms with Crippen LogP contribution in [0.5, 0.6) is 0 Å².